The first-order valence-corrected chi connectivity index (χ1v) is 10.4. The monoisotopic (exact) mass is 459 g/mol. The van der Waals surface area contributed by atoms with Crippen LogP contribution in [0.2, 0.25) is 10.0 Å². The van der Waals surface area contributed by atoms with Crippen molar-refractivity contribution in [2.45, 2.75) is 6.92 Å². The van der Waals surface area contributed by atoms with Gasteiger partial charge in [-0.05, 0) is 31.2 Å². The highest BCUT2D eigenvalue weighted by atomic mass is 35.5. The Labute approximate surface area is 185 Å². The van der Waals surface area contributed by atoms with E-state index in [2.05, 4.69) is 15.5 Å². The molecule has 0 bridgehead atoms. The lowest BCUT2D eigenvalue weighted by molar-refractivity contribution is 0.407. The van der Waals surface area contributed by atoms with E-state index in [0.717, 1.165) is 10.9 Å². The Bertz CT molecular complexity index is 1330. The summed E-state index contributed by atoms with van der Waals surface area (Å²) in [5.74, 6) is 0.502. The summed E-state index contributed by atoms with van der Waals surface area (Å²) in [7, 11) is 1.53. The number of hydrogen-bond donors (Lipinski definition) is 1. The van der Waals surface area contributed by atoms with Crippen molar-refractivity contribution in [2.24, 2.45) is 5.10 Å². The van der Waals surface area contributed by atoms with Gasteiger partial charge >= 0.3 is 5.63 Å². The maximum Gasteiger partial charge on any atom is 0.345 e. The first kappa shape index (κ1) is 20.4. The summed E-state index contributed by atoms with van der Waals surface area (Å²) in [6.45, 7) is 1.82. The van der Waals surface area contributed by atoms with Crippen LogP contribution < -0.4 is 15.8 Å². The fourth-order valence-electron chi connectivity index (χ4n) is 2.88. The fraction of sp³-hybridized carbons (Fsp3) is 0.0952. The van der Waals surface area contributed by atoms with Crippen LogP contribution in [0.1, 0.15) is 12.5 Å². The second kappa shape index (κ2) is 8.47. The summed E-state index contributed by atoms with van der Waals surface area (Å²) in [6.07, 6.45) is 0. The number of nitrogens with zero attached hydrogens (tertiary/aromatic N) is 2. The van der Waals surface area contributed by atoms with Crippen molar-refractivity contribution in [3.8, 4) is 17.0 Å². The van der Waals surface area contributed by atoms with Crippen LogP contribution in [0, 0.1) is 0 Å². The van der Waals surface area contributed by atoms with Crippen molar-refractivity contribution in [3.05, 3.63) is 73.9 Å². The Morgan fingerprint density at radius 3 is 2.83 bits per heavy atom. The maximum absolute atomic E-state index is 12.5. The van der Waals surface area contributed by atoms with E-state index >= 15 is 0 Å². The normalized spacial score (nSPS) is 11.7. The van der Waals surface area contributed by atoms with Crippen LogP contribution in [0.5, 0.6) is 5.75 Å². The third-order valence-electron chi connectivity index (χ3n) is 4.36. The van der Waals surface area contributed by atoms with Gasteiger partial charge in [-0.15, -0.1) is 11.3 Å². The molecule has 2 aromatic heterocycles. The molecule has 6 nitrogen and oxygen atoms in total. The molecule has 0 saturated heterocycles. The van der Waals surface area contributed by atoms with Crippen molar-refractivity contribution < 1.29 is 9.15 Å². The van der Waals surface area contributed by atoms with Crippen LogP contribution in [-0.4, -0.2) is 17.8 Å². The van der Waals surface area contributed by atoms with E-state index in [1.807, 2.05) is 19.1 Å². The van der Waals surface area contributed by atoms with Gasteiger partial charge in [0.05, 0.1) is 29.1 Å². The maximum atomic E-state index is 12.5. The number of ether oxygens (including phenoxy) is 1. The highest BCUT2D eigenvalue weighted by Gasteiger charge is 2.14. The molecule has 30 heavy (non-hydrogen) atoms. The number of nitrogens with one attached hydrogen (secondary N) is 1. The molecule has 0 aliphatic carbocycles. The Balaban J connectivity index is 1.61. The number of benzene rings is 2. The van der Waals surface area contributed by atoms with Crippen LogP contribution in [0.25, 0.3) is 22.2 Å². The zero-order chi connectivity index (χ0) is 21.3. The summed E-state index contributed by atoms with van der Waals surface area (Å²) in [4.78, 5) is 16.9. The SMILES string of the molecule is COc1cccc2cc(-c3csc(NN=C(C)c4ccc(Cl)cc4Cl)n3)c(=O)oc12. The molecule has 4 aromatic rings. The molecule has 0 saturated carbocycles. The minimum atomic E-state index is -0.489. The van der Waals surface area contributed by atoms with Crippen molar-refractivity contribution >= 4 is 56.4 Å². The fourth-order valence-corrected chi connectivity index (χ4v) is 4.08. The lowest BCUT2D eigenvalue weighted by Crippen LogP contribution is -2.04. The quantitative estimate of drug-likeness (QED) is 0.222. The largest absolute Gasteiger partial charge is 0.493 e. The molecule has 0 aliphatic rings. The summed E-state index contributed by atoms with van der Waals surface area (Å²) in [5, 5.41) is 8.43. The van der Waals surface area contributed by atoms with Crippen molar-refractivity contribution in [2.75, 3.05) is 12.5 Å². The predicted molar refractivity (Wildman–Crippen MR) is 122 cm³/mol. The Kier molecular flexibility index (Phi) is 5.76. The topological polar surface area (TPSA) is 76.7 Å². The molecule has 0 fully saturated rings. The van der Waals surface area contributed by atoms with Gasteiger partial charge in [0.2, 0.25) is 5.13 Å². The smallest absolute Gasteiger partial charge is 0.345 e. The Hall–Kier alpha value is -2.87. The lowest BCUT2D eigenvalue weighted by Gasteiger charge is -2.05. The minimum absolute atomic E-state index is 0.363. The summed E-state index contributed by atoms with van der Waals surface area (Å²) in [6, 6.07) is 12.4. The first-order valence-electron chi connectivity index (χ1n) is 8.79. The molecule has 2 heterocycles. The van der Waals surface area contributed by atoms with Crippen LogP contribution in [0.4, 0.5) is 5.13 Å². The highest BCUT2D eigenvalue weighted by molar-refractivity contribution is 7.14. The highest BCUT2D eigenvalue weighted by Crippen LogP contribution is 2.29. The van der Waals surface area contributed by atoms with Crippen LogP contribution in [0.3, 0.4) is 0 Å². The second-order valence-electron chi connectivity index (χ2n) is 6.30. The molecule has 0 unspecified atom stereocenters. The molecule has 0 spiro atoms. The number of para-hydroxylation sites is 1. The second-order valence-corrected chi connectivity index (χ2v) is 8.00. The number of aromatic nitrogens is 1. The standard InChI is InChI=1S/C21H15Cl2N3O3S/c1-11(14-7-6-13(22)9-16(14)23)25-26-21-24-17(10-30-21)15-8-12-4-3-5-18(28-2)19(12)29-20(15)27/h3-10H,1-2H3,(H,24,26). The van der Waals surface area contributed by atoms with Gasteiger partial charge in [-0.3, -0.25) is 5.43 Å². The zero-order valence-electron chi connectivity index (χ0n) is 15.9. The molecule has 0 aliphatic heterocycles. The summed E-state index contributed by atoms with van der Waals surface area (Å²) in [5.41, 5.74) is 5.11. The number of anilines is 1. The predicted octanol–water partition coefficient (Wildman–Crippen LogP) is 6.07. The van der Waals surface area contributed by atoms with Gasteiger partial charge in [-0.1, -0.05) is 41.4 Å². The third kappa shape index (κ3) is 4.05. The van der Waals surface area contributed by atoms with E-state index in [1.54, 1.807) is 35.7 Å². The van der Waals surface area contributed by atoms with E-state index in [4.69, 9.17) is 32.4 Å². The molecule has 4 rings (SSSR count). The molecule has 1 N–H and O–H groups in total. The molecule has 0 atom stereocenters. The van der Waals surface area contributed by atoms with Gasteiger partial charge in [0.25, 0.3) is 0 Å². The first-order chi connectivity index (χ1) is 14.5. The van der Waals surface area contributed by atoms with Gasteiger partial charge in [0.15, 0.2) is 11.3 Å². The molecule has 152 valence electrons. The van der Waals surface area contributed by atoms with Gasteiger partial charge in [-0.25, -0.2) is 9.78 Å². The van der Waals surface area contributed by atoms with Gasteiger partial charge in [0, 0.05) is 21.4 Å². The number of thiazole rings is 1. The zero-order valence-corrected chi connectivity index (χ0v) is 18.2. The third-order valence-corrected chi connectivity index (χ3v) is 5.66. The van der Waals surface area contributed by atoms with Crippen LogP contribution in [-0.2, 0) is 0 Å². The van der Waals surface area contributed by atoms with Crippen molar-refractivity contribution in [1.29, 1.82) is 0 Å². The molecule has 0 amide bonds. The minimum Gasteiger partial charge on any atom is -0.493 e. The average molecular weight is 460 g/mol. The molecular weight excluding hydrogens is 445 g/mol. The lowest BCUT2D eigenvalue weighted by atomic mass is 10.1. The number of hydrogen-bond acceptors (Lipinski definition) is 7. The van der Waals surface area contributed by atoms with E-state index in [0.29, 0.717) is 43.5 Å². The van der Waals surface area contributed by atoms with Gasteiger partial charge < -0.3 is 9.15 Å². The van der Waals surface area contributed by atoms with E-state index in [9.17, 15) is 4.79 Å². The van der Waals surface area contributed by atoms with Crippen LogP contribution >= 0.6 is 34.5 Å². The summed E-state index contributed by atoms with van der Waals surface area (Å²) >= 11 is 13.5. The van der Waals surface area contributed by atoms with E-state index < -0.39 is 5.63 Å². The van der Waals surface area contributed by atoms with Gasteiger partial charge in [-0.2, -0.15) is 5.10 Å². The Morgan fingerprint density at radius 1 is 1.23 bits per heavy atom. The molecule has 9 heteroatoms. The van der Waals surface area contributed by atoms with Crippen molar-refractivity contribution in [1.82, 2.24) is 4.98 Å². The number of halogens is 2. The number of hydrazone groups is 1. The van der Waals surface area contributed by atoms with E-state index in [-0.39, 0.29) is 0 Å². The van der Waals surface area contributed by atoms with Gasteiger partial charge in [0.1, 0.15) is 0 Å². The average Bonchev–Trinajstić information content (AvgIpc) is 3.20. The Morgan fingerprint density at radius 2 is 2.07 bits per heavy atom. The molecule has 0 radical (unpaired) electrons. The molecule has 2 aromatic carbocycles. The number of fused-ring (bicyclic) bond motifs is 1. The van der Waals surface area contributed by atoms with Crippen molar-refractivity contribution in [3.63, 3.8) is 0 Å². The number of rotatable bonds is 5. The number of methoxy groups -OCH3 is 1. The summed E-state index contributed by atoms with van der Waals surface area (Å²) < 4.78 is 10.7. The molecular formula is C21H15Cl2N3O3S. The van der Waals surface area contributed by atoms with Crippen LogP contribution in [0.15, 0.2) is 62.2 Å². The van der Waals surface area contributed by atoms with E-state index in [1.165, 1.54) is 18.4 Å².